The molecule has 0 radical (unpaired) electrons. The molecule has 1 saturated heterocycles. The van der Waals surface area contributed by atoms with Gasteiger partial charge in [-0.25, -0.2) is 4.39 Å². The molecule has 0 saturated carbocycles. The highest BCUT2D eigenvalue weighted by atomic mass is 35.5. The molecule has 1 aliphatic rings. The Morgan fingerprint density at radius 1 is 1.48 bits per heavy atom. The number of amides is 1. The van der Waals surface area contributed by atoms with Crippen molar-refractivity contribution < 1.29 is 28.5 Å². The first-order valence-electron chi connectivity index (χ1n) is 6.29. The molecule has 1 amide bonds. The van der Waals surface area contributed by atoms with Crippen molar-refractivity contribution in [3.05, 3.63) is 29.0 Å². The third-order valence-electron chi connectivity index (χ3n) is 2.74. The Morgan fingerprint density at radius 2 is 2.19 bits per heavy atom. The number of hydrogen-bond acceptors (Lipinski definition) is 5. The van der Waals surface area contributed by atoms with Crippen molar-refractivity contribution in [1.82, 2.24) is 5.32 Å². The molecule has 0 unspecified atom stereocenters. The summed E-state index contributed by atoms with van der Waals surface area (Å²) < 4.78 is 28.6. The van der Waals surface area contributed by atoms with Gasteiger partial charge < -0.3 is 24.6 Å². The van der Waals surface area contributed by atoms with Crippen molar-refractivity contribution in [2.24, 2.45) is 0 Å². The Morgan fingerprint density at radius 3 is 2.81 bits per heavy atom. The number of carbonyl (C=O) groups is 1. The van der Waals surface area contributed by atoms with Crippen LogP contribution in [-0.4, -0.2) is 49.8 Å². The van der Waals surface area contributed by atoms with Crippen molar-refractivity contribution in [2.45, 2.75) is 12.3 Å². The van der Waals surface area contributed by atoms with Crippen molar-refractivity contribution in [3.63, 3.8) is 0 Å². The molecule has 0 atom stereocenters. The molecule has 1 aromatic rings. The van der Waals surface area contributed by atoms with Crippen LogP contribution in [0.25, 0.3) is 0 Å². The Labute approximate surface area is 125 Å². The van der Waals surface area contributed by atoms with Gasteiger partial charge in [0.05, 0.1) is 30.9 Å². The molecule has 0 aliphatic carbocycles. The van der Waals surface area contributed by atoms with Gasteiger partial charge in [-0.2, -0.15) is 0 Å². The number of aliphatic hydroxyl groups excluding tert-OH is 1. The smallest absolute Gasteiger partial charge is 0.258 e. The fourth-order valence-electron chi connectivity index (χ4n) is 1.72. The average molecular weight is 320 g/mol. The van der Waals surface area contributed by atoms with E-state index in [9.17, 15) is 9.18 Å². The number of nitrogens with one attached hydrogen (secondary N) is 1. The van der Waals surface area contributed by atoms with E-state index in [1.807, 2.05) is 0 Å². The van der Waals surface area contributed by atoms with Crippen LogP contribution in [0.2, 0.25) is 5.02 Å². The SMILES string of the molecule is O=C(COc1ccc(Cl)c(F)c1)N[C@H]1CO[C@H](CO)OC1. The van der Waals surface area contributed by atoms with Gasteiger partial charge in [-0.1, -0.05) is 11.6 Å². The highest BCUT2D eigenvalue weighted by Gasteiger charge is 2.22. The normalized spacial score (nSPS) is 21.9. The number of carbonyl (C=O) groups excluding carboxylic acids is 1. The first-order valence-corrected chi connectivity index (χ1v) is 6.67. The zero-order chi connectivity index (χ0) is 15.2. The largest absolute Gasteiger partial charge is 0.484 e. The summed E-state index contributed by atoms with van der Waals surface area (Å²) in [5.74, 6) is -0.785. The number of hydrogen-bond donors (Lipinski definition) is 2. The number of aliphatic hydroxyl groups is 1. The van der Waals surface area contributed by atoms with E-state index in [2.05, 4.69) is 5.32 Å². The topological polar surface area (TPSA) is 77.0 Å². The summed E-state index contributed by atoms with van der Waals surface area (Å²) in [6, 6.07) is 3.61. The lowest BCUT2D eigenvalue weighted by Gasteiger charge is -2.28. The van der Waals surface area contributed by atoms with Crippen LogP contribution in [0.1, 0.15) is 0 Å². The van der Waals surface area contributed by atoms with Crippen LogP contribution in [0.15, 0.2) is 18.2 Å². The number of halogens is 2. The molecule has 8 heteroatoms. The van der Waals surface area contributed by atoms with Gasteiger partial charge in [-0.05, 0) is 12.1 Å². The molecule has 1 aliphatic heterocycles. The maximum atomic E-state index is 13.2. The summed E-state index contributed by atoms with van der Waals surface area (Å²) in [5.41, 5.74) is 0. The van der Waals surface area contributed by atoms with E-state index in [-0.39, 0.29) is 49.1 Å². The third kappa shape index (κ3) is 4.82. The molecule has 1 aromatic carbocycles. The van der Waals surface area contributed by atoms with Gasteiger partial charge in [0.2, 0.25) is 0 Å². The van der Waals surface area contributed by atoms with E-state index in [0.29, 0.717) is 0 Å². The highest BCUT2D eigenvalue weighted by Crippen LogP contribution is 2.20. The molecule has 2 rings (SSSR count). The number of benzene rings is 1. The Balaban J connectivity index is 1.73. The van der Waals surface area contributed by atoms with Crippen LogP contribution >= 0.6 is 11.6 Å². The zero-order valence-electron chi connectivity index (χ0n) is 11.1. The van der Waals surface area contributed by atoms with Crippen LogP contribution in [-0.2, 0) is 14.3 Å². The molecular formula is C13H15ClFNO5. The average Bonchev–Trinajstić information content (AvgIpc) is 2.49. The summed E-state index contributed by atoms with van der Waals surface area (Å²) >= 11 is 5.54. The molecule has 6 nitrogen and oxygen atoms in total. The van der Waals surface area contributed by atoms with Crippen molar-refractivity contribution >= 4 is 17.5 Å². The Bertz CT molecular complexity index is 493. The van der Waals surface area contributed by atoms with Gasteiger partial charge in [0.1, 0.15) is 11.6 Å². The number of ether oxygens (including phenoxy) is 3. The second-order valence-electron chi connectivity index (χ2n) is 4.41. The minimum absolute atomic E-state index is 0.0123. The molecule has 116 valence electrons. The van der Waals surface area contributed by atoms with Gasteiger partial charge in [-0.15, -0.1) is 0 Å². The van der Waals surface area contributed by atoms with E-state index >= 15 is 0 Å². The second kappa shape index (κ2) is 7.56. The van der Waals surface area contributed by atoms with Gasteiger partial charge in [-0.3, -0.25) is 4.79 Å². The predicted molar refractivity (Wildman–Crippen MR) is 71.6 cm³/mol. The zero-order valence-corrected chi connectivity index (χ0v) is 11.8. The van der Waals surface area contributed by atoms with Crippen molar-refractivity contribution in [1.29, 1.82) is 0 Å². The number of rotatable bonds is 5. The third-order valence-corrected chi connectivity index (χ3v) is 3.05. The Kier molecular flexibility index (Phi) is 5.75. The fourth-order valence-corrected chi connectivity index (χ4v) is 1.83. The summed E-state index contributed by atoms with van der Waals surface area (Å²) in [6.45, 7) is -0.00795. The van der Waals surface area contributed by atoms with E-state index in [0.717, 1.165) is 6.07 Å². The minimum atomic E-state index is -0.647. The van der Waals surface area contributed by atoms with Crippen molar-refractivity contribution in [2.75, 3.05) is 26.4 Å². The first-order chi connectivity index (χ1) is 10.1. The molecule has 1 heterocycles. The minimum Gasteiger partial charge on any atom is -0.484 e. The standard InChI is InChI=1S/C13H15ClFNO5/c14-10-2-1-9(3-11(10)15)19-7-12(18)16-8-5-20-13(4-17)21-6-8/h1-3,8,13,17H,4-7H2,(H,16,18)/t8-,13-. The predicted octanol–water partition coefficient (Wildman–Crippen LogP) is 0.708. The van der Waals surface area contributed by atoms with Crippen LogP contribution in [0.5, 0.6) is 5.75 Å². The molecular weight excluding hydrogens is 305 g/mol. The van der Waals surface area contributed by atoms with E-state index < -0.39 is 12.1 Å². The lowest BCUT2D eigenvalue weighted by Crippen LogP contribution is -2.49. The molecule has 0 aromatic heterocycles. The van der Waals surface area contributed by atoms with Crippen LogP contribution in [0, 0.1) is 5.82 Å². The summed E-state index contributed by atoms with van der Waals surface area (Å²) in [6.07, 6.45) is -0.647. The van der Waals surface area contributed by atoms with Gasteiger partial charge in [0, 0.05) is 6.07 Å². The highest BCUT2D eigenvalue weighted by molar-refractivity contribution is 6.30. The van der Waals surface area contributed by atoms with E-state index in [1.54, 1.807) is 0 Å². The molecule has 0 bridgehead atoms. The second-order valence-corrected chi connectivity index (χ2v) is 4.82. The first kappa shape index (κ1) is 16.0. The van der Waals surface area contributed by atoms with Crippen LogP contribution in [0.3, 0.4) is 0 Å². The van der Waals surface area contributed by atoms with Crippen molar-refractivity contribution in [3.8, 4) is 5.75 Å². The quantitative estimate of drug-likeness (QED) is 0.836. The summed E-state index contributed by atoms with van der Waals surface area (Å²) in [4.78, 5) is 11.7. The van der Waals surface area contributed by atoms with E-state index in [1.165, 1.54) is 12.1 Å². The summed E-state index contributed by atoms with van der Waals surface area (Å²) in [5, 5.41) is 11.4. The lowest BCUT2D eigenvalue weighted by molar-refractivity contribution is -0.205. The van der Waals surface area contributed by atoms with E-state index in [4.69, 9.17) is 30.9 Å². The van der Waals surface area contributed by atoms with Gasteiger partial charge >= 0.3 is 0 Å². The summed E-state index contributed by atoms with van der Waals surface area (Å²) in [7, 11) is 0. The monoisotopic (exact) mass is 319 g/mol. The van der Waals surface area contributed by atoms with Crippen LogP contribution < -0.4 is 10.1 Å². The molecule has 21 heavy (non-hydrogen) atoms. The van der Waals surface area contributed by atoms with Gasteiger partial charge in [0.25, 0.3) is 5.91 Å². The maximum Gasteiger partial charge on any atom is 0.258 e. The van der Waals surface area contributed by atoms with Crippen LogP contribution in [0.4, 0.5) is 4.39 Å². The fraction of sp³-hybridized carbons (Fsp3) is 0.462. The van der Waals surface area contributed by atoms with Gasteiger partial charge in [0.15, 0.2) is 12.9 Å². The Hall–Kier alpha value is -1.41. The lowest BCUT2D eigenvalue weighted by atomic mass is 10.3. The molecule has 0 spiro atoms. The maximum absolute atomic E-state index is 13.2. The molecule has 2 N–H and O–H groups in total. The molecule has 1 fully saturated rings.